The molecule has 0 aromatic heterocycles. The molecule has 2 fully saturated rings. The Morgan fingerprint density at radius 2 is 1.92 bits per heavy atom. The van der Waals surface area contributed by atoms with Gasteiger partial charge in [-0.15, -0.1) is 0 Å². The number of carbonyl (C=O) groups is 2. The summed E-state index contributed by atoms with van der Waals surface area (Å²) in [6.45, 7) is 0.857. The third-order valence-electron chi connectivity index (χ3n) is 5.07. The van der Waals surface area contributed by atoms with Gasteiger partial charge in [-0.25, -0.2) is 4.79 Å². The third kappa shape index (κ3) is 4.68. The van der Waals surface area contributed by atoms with E-state index in [9.17, 15) is 9.59 Å². The Morgan fingerprint density at radius 1 is 1.23 bits per heavy atom. The van der Waals surface area contributed by atoms with E-state index in [1.54, 1.807) is 24.1 Å². The second-order valence-corrected chi connectivity index (χ2v) is 7.53. The van der Waals surface area contributed by atoms with Gasteiger partial charge in [0.05, 0.1) is 6.61 Å². The summed E-state index contributed by atoms with van der Waals surface area (Å²) in [5.74, 6) is -0.115. The summed E-state index contributed by atoms with van der Waals surface area (Å²) in [5, 5.41) is 3.73. The van der Waals surface area contributed by atoms with Crippen molar-refractivity contribution < 1.29 is 14.3 Å². The molecule has 6 nitrogen and oxygen atoms in total. The van der Waals surface area contributed by atoms with Crippen LogP contribution in [-0.2, 0) is 16.1 Å². The van der Waals surface area contributed by atoms with Crippen molar-refractivity contribution in [2.24, 2.45) is 0 Å². The molecule has 1 saturated carbocycles. The Hall–Kier alpha value is -1.79. The molecule has 1 aromatic carbocycles. The number of nitrogens with zero attached hydrogens (tertiary/aromatic N) is 2. The third-order valence-corrected chi connectivity index (χ3v) is 5.32. The van der Waals surface area contributed by atoms with E-state index in [1.165, 1.54) is 11.3 Å². The molecular formula is C19H26ClN3O3. The summed E-state index contributed by atoms with van der Waals surface area (Å²) < 4.78 is 5.42. The summed E-state index contributed by atoms with van der Waals surface area (Å²) in [6.07, 6.45) is 5.54. The molecule has 3 amide bonds. The highest BCUT2D eigenvalue weighted by molar-refractivity contribution is 6.30. The Morgan fingerprint density at radius 3 is 2.62 bits per heavy atom. The van der Waals surface area contributed by atoms with Crippen LogP contribution < -0.4 is 5.32 Å². The van der Waals surface area contributed by atoms with Crippen LogP contribution in [0.25, 0.3) is 0 Å². The molecule has 0 unspecified atom stereocenters. The summed E-state index contributed by atoms with van der Waals surface area (Å²) in [4.78, 5) is 28.6. The number of carbonyl (C=O) groups excluding carboxylic acids is 2. The molecule has 1 N–H and O–H groups in total. The zero-order valence-electron chi connectivity index (χ0n) is 15.1. The van der Waals surface area contributed by atoms with Crippen LogP contribution >= 0.6 is 11.6 Å². The van der Waals surface area contributed by atoms with Crippen LogP contribution in [0.3, 0.4) is 0 Å². The number of likely N-dealkylation sites (N-methyl/N-ethyl adjacent to an activating group) is 1. The molecule has 1 heterocycles. The van der Waals surface area contributed by atoms with E-state index >= 15 is 0 Å². The smallest absolute Gasteiger partial charge is 0.320 e. The van der Waals surface area contributed by atoms with Gasteiger partial charge < -0.3 is 15.0 Å². The minimum Gasteiger partial charge on any atom is -0.358 e. The molecule has 1 aliphatic heterocycles. The van der Waals surface area contributed by atoms with Crippen LogP contribution in [-0.4, -0.2) is 54.2 Å². The first kappa shape index (κ1) is 19.0. The molecule has 1 saturated heterocycles. The summed E-state index contributed by atoms with van der Waals surface area (Å²) in [5.41, 5.74) is 0.988. The van der Waals surface area contributed by atoms with Gasteiger partial charge in [-0.05, 0) is 30.5 Å². The van der Waals surface area contributed by atoms with Crippen molar-refractivity contribution in [3.8, 4) is 0 Å². The van der Waals surface area contributed by atoms with Crippen LogP contribution in [0.15, 0.2) is 24.3 Å². The van der Waals surface area contributed by atoms with Crippen molar-refractivity contribution >= 4 is 23.5 Å². The quantitative estimate of drug-likeness (QED) is 0.874. The fraction of sp³-hybridized carbons (Fsp3) is 0.579. The van der Waals surface area contributed by atoms with Gasteiger partial charge in [-0.3, -0.25) is 9.69 Å². The zero-order chi connectivity index (χ0) is 18.5. The van der Waals surface area contributed by atoms with Crippen molar-refractivity contribution in [1.82, 2.24) is 15.1 Å². The Labute approximate surface area is 159 Å². The highest BCUT2D eigenvalue weighted by atomic mass is 35.5. The molecule has 0 bridgehead atoms. The van der Waals surface area contributed by atoms with Gasteiger partial charge in [0.15, 0.2) is 0 Å². The Bertz CT molecular complexity index is 631. The van der Waals surface area contributed by atoms with E-state index < -0.39 is 6.04 Å². The number of nitrogens with one attached hydrogen (secondary N) is 1. The number of benzene rings is 1. The standard InChI is InChI=1S/C19H26ClN3O3/c1-22(11-14-7-9-15(20)10-8-14)18(24)17-12-26-13-23(17)19(25)21-16-5-3-2-4-6-16/h7-10,16-17H,2-6,11-13H2,1H3,(H,21,25)/t17-/m1/s1. The molecule has 7 heteroatoms. The first-order valence-electron chi connectivity index (χ1n) is 9.19. The van der Waals surface area contributed by atoms with Crippen LogP contribution in [0.1, 0.15) is 37.7 Å². The van der Waals surface area contributed by atoms with E-state index in [2.05, 4.69) is 5.32 Å². The molecule has 0 radical (unpaired) electrons. The first-order valence-corrected chi connectivity index (χ1v) is 9.56. The summed E-state index contributed by atoms with van der Waals surface area (Å²) in [7, 11) is 1.74. The number of rotatable bonds is 4. The lowest BCUT2D eigenvalue weighted by Crippen LogP contribution is -2.52. The average molecular weight is 380 g/mol. The van der Waals surface area contributed by atoms with Crippen molar-refractivity contribution in [2.45, 2.75) is 50.7 Å². The van der Waals surface area contributed by atoms with Crippen LogP contribution in [0.5, 0.6) is 0 Å². The SMILES string of the molecule is CN(Cc1ccc(Cl)cc1)C(=O)[C@H]1COCN1C(=O)NC1CCCCC1. The van der Waals surface area contributed by atoms with Crippen LogP contribution in [0.4, 0.5) is 4.79 Å². The Kier molecular flexibility index (Phi) is 6.38. The van der Waals surface area contributed by atoms with E-state index in [1.807, 2.05) is 12.1 Å². The van der Waals surface area contributed by atoms with Gasteiger partial charge in [-0.2, -0.15) is 0 Å². The highest BCUT2D eigenvalue weighted by Gasteiger charge is 2.37. The largest absolute Gasteiger partial charge is 0.358 e. The Balaban J connectivity index is 1.58. The van der Waals surface area contributed by atoms with E-state index in [0.29, 0.717) is 11.6 Å². The molecule has 0 spiro atoms. The number of urea groups is 1. The lowest BCUT2D eigenvalue weighted by atomic mass is 9.96. The van der Waals surface area contributed by atoms with Gasteiger partial charge in [0, 0.05) is 24.7 Å². The molecule has 1 aromatic rings. The normalized spacial score (nSPS) is 20.8. The van der Waals surface area contributed by atoms with Gasteiger partial charge in [0.2, 0.25) is 5.91 Å². The van der Waals surface area contributed by atoms with Gasteiger partial charge in [0.1, 0.15) is 12.8 Å². The lowest BCUT2D eigenvalue weighted by Gasteiger charge is -2.29. The number of amides is 3. The van der Waals surface area contributed by atoms with Gasteiger partial charge >= 0.3 is 6.03 Å². The number of ether oxygens (including phenoxy) is 1. The van der Waals surface area contributed by atoms with Crippen molar-refractivity contribution in [2.75, 3.05) is 20.4 Å². The van der Waals surface area contributed by atoms with Gasteiger partial charge in [-0.1, -0.05) is 43.0 Å². The number of hydrogen-bond donors (Lipinski definition) is 1. The first-order chi connectivity index (χ1) is 12.5. The van der Waals surface area contributed by atoms with Gasteiger partial charge in [0.25, 0.3) is 0 Å². The topological polar surface area (TPSA) is 61.9 Å². The maximum Gasteiger partial charge on any atom is 0.320 e. The van der Waals surface area contributed by atoms with Crippen LogP contribution in [0, 0.1) is 0 Å². The van der Waals surface area contributed by atoms with E-state index in [-0.39, 0.29) is 31.3 Å². The maximum atomic E-state index is 12.8. The number of halogens is 1. The second-order valence-electron chi connectivity index (χ2n) is 7.09. The zero-order valence-corrected chi connectivity index (χ0v) is 15.9. The number of hydrogen-bond acceptors (Lipinski definition) is 3. The monoisotopic (exact) mass is 379 g/mol. The maximum absolute atomic E-state index is 12.8. The minimum atomic E-state index is -0.573. The predicted octanol–water partition coefficient (Wildman–Crippen LogP) is 3.00. The fourth-order valence-corrected chi connectivity index (χ4v) is 3.67. The molecule has 2 aliphatic rings. The second kappa shape index (κ2) is 8.73. The summed E-state index contributed by atoms with van der Waals surface area (Å²) >= 11 is 5.90. The molecule has 26 heavy (non-hydrogen) atoms. The average Bonchev–Trinajstić information content (AvgIpc) is 3.13. The highest BCUT2D eigenvalue weighted by Crippen LogP contribution is 2.19. The lowest BCUT2D eigenvalue weighted by molar-refractivity contribution is -0.134. The van der Waals surface area contributed by atoms with Crippen LogP contribution in [0.2, 0.25) is 5.02 Å². The molecule has 1 atom stereocenters. The molecule has 3 rings (SSSR count). The molecule has 142 valence electrons. The van der Waals surface area contributed by atoms with Crippen molar-refractivity contribution in [3.63, 3.8) is 0 Å². The van der Waals surface area contributed by atoms with Crippen molar-refractivity contribution in [3.05, 3.63) is 34.9 Å². The fourth-order valence-electron chi connectivity index (χ4n) is 3.55. The predicted molar refractivity (Wildman–Crippen MR) is 99.8 cm³/mol. The molecular weight excluding hydrogens is 354 g/mol. The van der Waals surface area contributed by atoms with E-state index in [0.717, 1.165) is 31.2 Å². The minimum absolute atomic E-state index is 0.115. The summed E-state index contributed by atoms with van der Waals surface area (Å²) in [6, 6.07) is 6.83. The van der Waals surface area contributed by atoms with E-state index in [4.69, 9.17) is 16.3 Å². The van der Waals surface area contributed by atoms with Crippen molar-refractivity contribution in [1.29, 1.82) is 0 Å². The molecule has 1 aliphatic carbocycles.